The number of aromatic nitrogens is 3. The van der Waals surface area contributed by atoms with Crippen molar-refractivity contribution < 1.29 is 9.72 Å². The van der Waals surface area contributed by atoms with Crippen LogP contribution < -0.4 is 5.32 Å². The first-order valence-electron chi connectivity index (χ1n) is 9.11. The zero-order chi connectivity index (χ0) is 19.2. The molecule has 1 aliphatic rings. The molecule has 0 aromatic carbocycles. The van der Waals surface area contributed by atoms with Crippen molar-refractivity contribution in [2.45, 2.75) is 45.3 Å². The summed E-state index contributed by atoms with van der Waals surface area (Å²) >= 11 is 0. The molecule has 27 heavy (non-hydrogen) atoms. The quantitative estimate of drug-likeness (QED) is 0.585. The lowest BCUT2D eigenvalue weighted by Crippen LogP contribution is -2.44. The molecule has 1 fully saturated rings. The number of carbonyl (C=O) groups excluding carboxylic acids is 1. The molecular formula is C18H24N6O3. The Morgan fingerprint density at radius 3 is 2.78 bits per heavy atom. The number of hydrogen-bond donors (Lipinski definition) is 1. The maximum Gasteiger partial charge on any atom is 0.381 e. The molecule has 9 heteroatoms. The van der Waals surface area contributed by atoms with Gasteiger partial charge in [-0.2, -0.15) is 0 Å². The topological polar surface area (TPSA) is 106 Å². The highest BCUT2D eigenvalue weighted by molar-refractivity contribution is 5.76. The largest absolute Gasteiger partial charge is 0.381 e. The first kappa shape index (κ1) is 19.0. The summed E-state index contributed by atoms with van der Waals surface area (Å²) < 4.78 is 1.65. The van der Waals surface area contributed by atoms with Crippen molar-refractivity contribution in [1.82, 2.24) is 24.8 Å². The first-order chi connectivity index (χ1) is 13.0. The molecule has 1 amide bonds. The van der Waals surface area contributed by atoms with Crippen LogP contribution in [0.4, 0.5) is 5.82 Å². The molecule has 0 spiro atoms. The van der Waals surface area contributed by atoms with Gasteiger partial charge in [0, 0.05) is 51.8 Å². The second-order valence-corrected chi connectivity index (χ2v) is 6.79. The molecule has 9 nitrogen and oxygen atoms in total. The van der Waals surface area contributed by atoms with Crippen LogP contribution in [0.25, 0.3) is 0 Å². The SMILES string of the molecule is Cc1nc([N+](=O)[O-])cn1CCC(=O)NC1CCN(Cc2ccccn2)CC1. The van der Waals surface area contributed by atoms with Gasteiger partial charge in [-0.3, -0.25) is 14.7 Å². The van der Waals surface area contributed by atoms with Gasteiger partial charge in [0.2, 0.25) is 11.7 Å². The fraction of sp³-hybridized carbons (Fsp3) is 0.500. The molecule has 0 aliphatic carbocycles. The predicted molar refractivity (Wildman–Crippen MR) is 98.9 cm³/mol. The number of piperidine rings is 1. The highest BCUT2D eigenvalue weighted by Crippen LogP contribution is 2.14. The van der Waals surface area contributed by atoms with E-state index in [9.17, 15) is 14.9 Å². The highest BCUT2D eigenvalue weighted by Gasteiger charge is 2.21. The zero-order valence-corrected chi connectivity index (χ0v) is 15.4. The van der Waals surface area contributed by atoms with Crippen LogP contribution in [0.1, 0.15) is 30.8 Å². The summed E-state index contributed by atoms with van der Waals surface area (Å²) in [5.41, 5.74) is 1.06. The number of hydrogen-bond acceptors (Lipinski definition) is 6. The number of nitrogens with zero attached hydrogens (tertiary/aromatic N) is 5. The number of carbonyl (C=O) groups is 1. The lowest BCUT2D eigenvalue weighted by molar-refractivity contribution is -0.389. The van der Waals surface area contributed by atoms with E-state index in [2.05, 4.69) is 20.2 Å². The Bertz CT molecular complexity index is 784. The number of pyridine rings is 1. The van der Waals surface area contributed by atoms with E-state index in [0.29, 0.717) is 12.4 Å². The average Bonchev–Trinajstić information content (AvgIpc) is 3.04. The Kier molecular flexibility index (Phi) is 6.12. The van der Waals surface area contributed by atoms with E-state index < -0.39 is 4.92 Å². The Hall–Kier alpha value is -2.81. The normalized spacial score (nSPS) is 15.6. The molecule has 3 rings (SSSR count). The molecule has 1 aliphatic heterocycles. The van der Waals surface area contributed by atoms with Crippen LogP contribution in [0, 0.1) is 17.0 Å². The molecule has 2 aromatic rings. The van der Waals surface area contributed by atoms with Crippen molar-refractivity contribution in [2.75, 3.05) is 13.1 Å². The van der Waals surface area contributed by atoms with Gasteiger partial charge in [-0.1, -0.05) is 6.07 Å². The minimum atomic E-state index is -0.525. The van der Waals surface area contributed by atoms with Gasteiger partial charge in [0.1, 0.15) is 6.20 Å². The third-order valence-electron chi connectivity index (χ3n) is 4.79. The van der Waals surface area contributed by atoms with Gasteiger partial charge in [0.05, 0.1) is 5.69 Å². The van der Waals surface area contributed by atoms with E-state index in [0.717, 1.165) is 38.2 Å². The number of nitrogens with one attached hydrogen (secondary N) is 1. The molecule has 1 saturated heterocycles. The van der Waals surface area contributed by atoms with Crippen molar-refractivity contribution in [3.05, 3.63) is 52.2 Å². The molecule has 0 bridgehead atoms. The Balaban J connectivity index is 1.40. The summed E-state index contributed by atoms with van der Waals surface area (Å²) in [4.78, 5) is 33.0. The third kappa shape index (κ3) is 5.33. The van der Waals surface area contributed by atoms with E-state index >= 15 is 0 Å². The number of likely N-dealkylation sites (tertiary alicyclic amines) is 1. The van der Waals surface area contributed by atoms with Gasteiger partial charge in [0.25, 0.3) is 0 Å². The highest BCUT2D eigenvalue weighted by atomic mass is 16.6. The van der Waals surface area contributed by atoms with Crippen molar-refractivity contribution in [2.24, 2.45) is 0 Å². The van der Waals surface area contributed by atoms with E-state index in [1.807, 2.05) is 18.2 Å². The Morgan fingerprint density at radius 1 is 1.37 bits per heavy atom. The van der Waals surface area contributed by atoms with Crippen LogP contribution in [0.3, 0.4) is 0 Å². The molecule has 144 valence electrons. The van der Waals surface area contributed by atoms with Gasteiger partial charge in [-0.25, -0.2) is 0 Å². The maximum atomic E-state index is 12.2. The molecule has 3 heterocycles. The predicted octanol–water partition coefficient (Wildman–Crippen LogP) is 1.67. The summed E-state index contributed by atoms with van der Waals surface area (Å²) in [6, 6.07) is 6.10. The van der Waals surface area contributed by atoms with Gasteiger partial charge in [0.15, 0.2) is 0 Å². The fourth-order valence-electron chi connectivity index (χ4n) is 3.28. The van der Waals surface area contributed by atoms with Crippen molar-refractivity contribution in [3.8, 4) is 0 Å². The van der Waals surface area contributed by atoms with E-state index in [1.54, 1.807) is 17.7 Å². The summed E-state index contributed by atoms with van der Waals surface area (Å²) in [7, 11) is 0. The molecule has 1 N–H and O–H groups in total. The maximum absolute atomic E-state index is 12.2. The van der Waals surface area contributed by atoms with E-state index in [4.69, 9.17) is 0 Å². The van der Waals surface area contributed by atoms with Crippen LogP contribution in [-0.2, 0) is 17.9 Å². The van der Waals surface area contributed by atoms with Gasteiger partial charge >= 0.3 is 5.82 Å². The average molecular weight is 372 g/mol. The van der Waals surface area contributed by atoms with Crippen molar-refractivity contribution >= 4 is 11.7 Å². The third-order valence-corrected chi connectivity index (χ3v) is 4.79. The molecular weight excluding hydrogens is 348 g/mol. The Labute approximate surface area is 157 Å². The van der Waals surface area contributed by atoms with Gasteiger partial charge < -0.3 is 20.0 Å². The minimum Gasteiger partial charge on any atom is -0.358 e. The summed E-state index contributed by atoms with van der Waals surface area (Å²) in [5.74, 6) is 0.319. The second-order valence-electron chi connectivity index (χ2n) is 6.79. The number of imidazole rings is 1. The van der Waals surface area contributed by atoms with Gasteiger partial charge in [-0.05, 0) is 34.9 Å². The van der Waals surface area contributed by atoms with E-state index in [-0.39, 0.29) is 24.2 Å². The van der Waals surface area contributed by atoms with Crippen LogP contribution in [0.2, 0.25) is 0 Å². The monoisotopic (exact) mass is 372 g/mol. The summed E-state index contributed by atoms with van der Waals surface area (Å²) in [6.07, 6.45) is 5.28. The van der Waals surface area contributed by atoms with E-state index in [1.165, 1.54) is 6.20 Å². The van der Waals surface area contributed by atoms with Crippen molar-refractivity contribution in [3.63, 3.8) is 0 Å². The second kappa shape index (κ2) is 8.72. The standard InChI is InChI=1S/C18H24N6O3/c1-14-20-17(24(26)27)13-23(14)11-7-18(25)21-15-5-9-22(10-6-15)12-16-4-2-3-8-19-16/h2-4,8,13,15H,5-7,9-12H2,1H3,(H,21,25). The molecule has 0 saturated carbocycles. The summed E-state index contributed by atoms with van der Waals surface area (Å²) in [6.45, 7) is 4.77. The van der Waals surface area contributed by atoms with Gasteiger partial charge in [-0.15, -0.1) is 0 Å². The molecule has 0 atom stereocenters. The number of aryl methyl sites for hydroxylation is 2. The van der Waals surface area contributed by atoms with Crippen LogP contribution in [-0.4, -0.2) is 49.4 Å². The van der Waals surface area contributed by atoms with Crippen LogP contribution >= 0.6 is 0 Å². The fourth-order valence-corrected chi connectivity index (χ4v) is 3.28. The number of rotatable bonds is 7. The summed E-state index contributed by atoms with van der Waals surface area (Å²) in [5, 5.41) is 13.8. The minimum absolute atomic E-state index is 0.0334. The van der Waals surface area contributed by atoms with Crippen LogP contribution in [0.15, 0.2) is 30.6 Å². The molecule has 0 radical (unpaired) electrons. The first-order valence-corrected chi connectivity index (χ1v) is 9.11. The number of amides is 1. The lowest BCUT2D eigenvalue weighted by Gasteiger charge is -2.32. The van der Waals surface area contributed by atoms with Crippen LogP contribution in [0.5, 0.6) is 0 Å². The Morgan fingerprint density at radius 2 is 2.15 bits per heavy atom. The lowest BCUT2D eigenvalue weighted by atomic mass is 10.0. The molecule has 2 aromatic heterocycles. The number of nitro groups is 1. The smallest absolute Gasteiger partial charge is 0.358 e. The zero-order valence-electron chi connectivity index (χ0n) is 15.4. The molecule has 0 unspecified atom stereocenters. The van der Waals surface area contributed by atoms with Crippen molar-refractivity contribution in [1.29, 1.82) is 0 Å².